The van der Waals surface area contributed by atoms with Gasteiger partial charge in [-0.25, -0.2) is 4.39 Å². The second-order valence-electron chi connectivity index (χ2n) is 7.47. The van der Waals surface area contributed by atoms with Crippen LogP contribution in [0.1, 0.15) is 29.8 Å². The third-order valence-electron chi connectivity index (χ3n) is 5.17. The van der Waals surface area contributed by atoms with Gasteiger partial charge in [0, 0.05) is 33.7 Å². The monoisotopic (exact) mass is 402 g/mol. The van der Waals surface area contributed by atoms with E-state index >= 15 is 0 Å². The molecule has 1 unspecified atom stereocenters. The van der Waals surface area contributed by atoms with E-state index in [1.807, 2.05) is 12.1 Å². The van der Waals surface area contributed by atoms with Crippen LogP contribution in [0, 0.1) is 11.7 Å². The molecule has 1 fully saturated rings. The van der Waals surface area contributed by atoms with Crippen LogP contribution in [0.2, 0.25) is 0 Å². The maximum atomic E-state index is 13.3. The zero-order valence-corrected chi connectivity index (χ0v) is 16.9. The van der Waals surface area contributed by atoms with Gasteiger partial charge in [0.15, 0.2) is 0 Å². The molecule has 8 heteroatoms. The van der Waals surface area contributed by atoms with Crippen molar-refractivity contribution in [1.29, 1.82) is 0 Å². The molecule has 1 saturated heterocycles. The highest BCUT2D eigenvalue weighted by molar-refractivity contribution is 5.83. The van der Waals surface area contributed by atoms with Crippen molar-refractivity contribution in [2.75, 3.05) is 27.2 Å². The van der Waals surface area contributed by atoms with E-state index in [9.17, 15) is 14.0 Å². The SMILES string of the molecule is COCc1cc(CN(C)C(=O)C2CCC(=O)N(CCc3cccc(F)c3)C2)[nH]n1. The quantitative estimate of drug-likeness (QED) is 0.734. The number of nitrogens with one attached hydrogen (secondary N) is 1. The number of amides is 2. The molecule has 1 atom stereocenters. The number of rotatable bonds is 8. The summed E-state index contributed by atoms with van der Waals surface area (Å²) in [6.45, 7) is 1.72. The summed E-state index contributed by atoms with van der Waals surface area (Å²) in [6, 6.07) is 8.27. The molecule has 7 nitrogen and oxygen atoms in total. The molecule has 1 N–H and O–H groups in total. The Morgan fingerprint density at radius 2 is 2.24 bits per heavy atom. The number of ether oxygens (including phenoxy) is 1. The first-order valence-corrected chi connectivity index (χ1v) is 9.75. The summed E-state index contributed by atoms with van der Waals surface area (Å²) in [5.41, 5.74) is 2.47. The van der Waals surface area contributed by atoms with Crippen molar-refractivity contribution in [1.82, 2.24) is 20.0 Å². The van der Waals surface area contributed by atoms with Crippen molar-refractivity contribution >= 4 is 11.8 Å². The van der Waals surface area contributed by atoms with Crippen molar-refractivity contribution in [2.24, 2.45) is 5.92 Å². The number of H-pyrrole nitrogens is 1. The average Bonchev–Trinajstić information content (AvgIpc) is 3.14. The third kappa shape index (κ3) is 5.63. The Labute approximate surface area is 169 Å². The molecular weight excluding hydrogens is 375 g/mol. The number of nitrogens with zero attached hydrogens (tertiary/aromatic N) is 3. The van der Waals surface area contributed by atoms with Gasteiger partial charge in [-0.1, -0.05) is 12.1 Å². The topological polar surface area (TPSA) is 78.5 Å². The zero-order valence-electron chi connectivity index (χ0n) is 16.9. The molecule has 0 aliphatic carbocycles. The van der Waals surface area contributed by atoms with Crippen LogP contribution in [0.4, 0.5) is 4.39 Å². The van der Waals surface area contributed by atoms with E-state index < -0.39 is 0 Å². The fourth-order valence-electron chi connectivity index (χ4n) is 3.65. The molecule has 0 bridgehead atoms. The molecule has 1 aliphatic heterocycles. The Kier molecular flexibility index (Phi) is 6.98. The lowest BCUT2D eigenvalue weighted by Gasteiger charge is -2.33. The van der Waals surface area contributed by atoms with Crippen molar-refractivity contribution in [2.45, 2.75) is 32.4 Å². The second-order valence-corrected chi connectivity index (χ2v) is 7.47. The number of hydrogen-bond acceptors (Lipinski definition) is 4. The predicted octanol–water partition coefficient (Wildman–Crippen LogP) is 2.13. The molecule has 2 heterocycles. The Morgan fingerprint density at radius 3 is 3.00 bits per heavy atom. The number of benzene rings is 1. The second kappa shape index (κ2) is 9.65. The fraction of sp³-hybridized carbons (Fsp3) is 0.476. The Balaban J connectivity index is 1.55. The van der Waals surface area contributed by atoms with Crippen LogP contribution in [0.25, 0.3) is 0 Å². The van der Waals surface area contributed by atoms with E-state index in [0.717, 1.165) is 17.0 Å². The molecule has 29 heavy (non-hydrogen) atoms. The van der Waals surface area contributed by atoms with E-state index in [1.165, 1.54) is 12.1 Å². The lowest BCUT2D eigenvalue weighted by atomic mass is 9.95. The van der Waals surface area contributed by atoms with Gasteiger partial charge in [-0.3, -0.25) is 14.7 Å². The molecule has 2 amide bonds. The maximum absolute atomic E-state index is 13.3. The molecule has 2 aromatic rings. The highest BCUT2D eigenvalue weighted by Crippen LogP contribution is 2.21. The maximum Gasteiger partial charge on any atom is 0.227 e. The number of likely N-dealkylation sites (tertiary alicyclic amines) is 1. The highest BCUT2D eigenvalue weighted by Gasteiger charge is 2.31. The summed E-state index contributed by atoms with van der Waals surface area (Å²) >= 11 is 0. The molecular formula is C21H27FN4O3. The van der Waals surface area contributed by atoms with E-state index in [4.69, 9.17) is 4.74 Å². The highest BCUT2D eigenvalue weighted by atomic mass is 19.1. The molecule has 3 rings (SSSR count). The fourth-order valence-corrected chi connectivity index (χ4v) is 3.65. The van der Waals surface area contributed by atoms with Gasteiger partial charge in [-0.2, -0.15) is 5.10 Å². The van der Waals surface area contributed by atoms with Crippen molar-refractivity contribution in [3.8, 4) is 0 Å². The predicted molar refractivity (Wildman–Crippen MR) is 105 cm³/mol. The standard InChI is InChI=1S/C21H27FN4O3/c1-25(13-18-11-19(14-29-2)24-23-18)21(28)16-6-7-20(27)26(12-16)9-8-15-4-3-5-17(22)10-15/h3-5,10-11,16H,6-9,12-14H2,1-2H3,(H,23,24). The first-order chi connectivity index (χ1) is 14.0. The van der Waals surface area contributed by atoms with E-state index in [1.54, 1.807) is 30.0 Å². The van der Waals surface area contributed by atoms with Crippen LogP contribution < -0.4 is 0 Å². The van der Waals surface area contributed by atoms with Crippen LogP contribution in [-0.4, -0.2) is 59.1 Å². The van der Waals surface area contributed by atoms with Gasteiger partial charge >= 0.3 is 0 Å². The molecule has 0 radical (unpaired) electrons. The molecule has 1 aromatic carbocycles. The normalized spacial score (nSPS) is 16.9. The number of methoxy groups -OCH3 is 1. The number of aromatic nitrogens is 2. The van der Waals surface area contributed by atoms with Gasteiger partial charge in [0.05, 0.1) is 30.5 Å². The Morgan fingerprint density at radius 1 is 1.41 bits per heavy atom. The van der Waals surface area contributed by atoms with Gasteiger partial charge in [0.25, 0.3) is 0 Å². The first kappa shape index (κ1) is 21.0. The summed E-state index contributed by atoms with van der Waals surface area (Å²) in [4.78, 5) is 28.5. The number of aromatic amines is 1. The van der Waals surface area contributed by atoms with E-state index in [0.29, 0.717) is 45.5 Å². The summed E-state index contributed by atoms with van der Waals surface area (Å²) in [7, 11) is 3.36. The van der Waals surface area contributed by atoms with Gasteiger partial charge in [0.2, 0.25) is 11.8 Å². The van der Waals surface area contributed by atoms with Gasteiger partial charge < -0.3 is 14.5 Å². The minimum Gasteiger partial charge on any atom is -0.378 e. The van der Waals surface area contributed by atoms with Gasteiger partial charge in [-0.15, -0.1) is 0 Å². The van der Waals surface area contributed by atoms with Crippen LogP contribution >= 0.6 is 0 Å². The Bertz CT molecular complexity index is 854. The molecule has 0 spiro atoms. The zero-order chi connectivity index (χ0) is 20.8. The van der Waals surface area contributed by atoms with Crippen LogP contribution in [0.3, 0.4) is 0 Å². The average molecular weight is 402 g/mol. The molecule has 0 saturated carbocycles. The number of hydrogen-bond donors (Lipinski definition) is 1. The van der Waals surface area contributed by atoms with Crippen molar-refractivity contribution in [3.63, 3.8) is 0 Å². The van der Waals surface area contributed by atoms with Gasteiger partial charge in [0.1, 0.15) is 5.82 Å². The lowest BCUT2D eigenvalue weighted by Crippen LogP contribution is -2.46. The van der Waals surface area contributed by atoms with Crippen molar-refractivity contribution < 1.29 is 18.7 Å². The number of carbonyl (C=O) groups excluding carboxylic acids is 2. The van der Waals surface area contributed by atoms with Crippen LogP contribution in [-0.2, 0) is 33.9 Å². The third-order valence-corrected chi connectivity index (χ3v) is 5.17. The van der Waals surface area contributed by atoms with E-state index in [2.05, 4.69) is 10.2 Å². The van der Waals surface area contributed by atoms with Crippen LogP contribution in [0.15, 0.2) is 30.3 Å². The van der Waals surface area contributed by atoms with Gasteiger partial charge in [-0.05, 0) is 36.6 Å². The van der Waals surface area contributed by atoms with E-state index in [-0.39, 0.29) is 23.5 Å². The molecule has 1 aromatic heterocycles. The molecule has 1 aliphatic rings. The van der Waals surface area contributed by atoms with Crippen molar-refractivity contribution in [3.05, 3.63) is 53.1 Å². The lowest BCUT2D eigenvalue weighted by molar-refractivity contribution is -0.142. The smallest absolute Gasteiger partial charge is 0.227 e. The Hall–Kier alpha value is -2.74. The summed E-state index contributed by atoms with van der Waals surface area (Å²) in [5, 5.41) is 7.06. The minimum atomic E-state index is -0.283. The largest absolute Gasteiger partial charge is 0.378 e. The minimum absolute atomic E-state index is 0.0103. The number of halogens is 1. The van der Waals surface area contributed by atoms with Crippen LogP contribution in [0.5, 0.6) is 0 Å². The summed E-state index contributed by atoms with van der Waals surface area (Å²) < 4.78 is 18.4. The first-order valence-electron chi connectivity index (χ1n) is 9.75. The number of piperidine rings is 1. The molecule has 156 valence electrons. The summed E-state index contributed by atoms with van der Waals surface area (Å²) in [6.07, 6.45) is 1.47. The summed E-state index contributed by atoms with van der Waals surface area (Å²) in [5.74, 6) is -0.455. The number of carbonyl (C=O) groups is 2.